The van der Waals surface area contributed by atoms with E-state index in [2.05, 4.69) is 71.2 Å². The van der Waals surface area contributed by atoms with Crippen LogP contribution in [0.25, 0.3) is 16.9 Å². The minimum atomic E-state index is -2.24. The van der Waals surface area contributed by atoms with E-state index in [0.29, 0.717) is 13.2 Å². The average molecular weight is 545 g/mol. The third-order valence-electron chi connectivity index (χ3n) is 6.56. The van der Waals surface area contributed by atoms with E-state index in [4.69, 9.17) is 14.2 Å². The first kappa shape index (κ1) is 26.0. The number of aryl methyl sites for hydroxylation is 1. The molecule has 4 rings (SSSR count). The van der Waals surface area contributed by atoms with Gasteiger partial charge in [-0.15, -0.1) is 0 Å². The first-order valence-corrected chi connectivity index (χ1v) is 19.3. The zero-order chi connectivity index (χ0) is 25.4. The van der Waals surface area contributed by atoms with Crippen LogP contribution in [-0.2, 0) is 11.2 Å². The van der Waals surface area contributed by atoms with Gasteiger partial charge < -0.3 is 0 Å². The van der Waals surface area contributed by atoms with Gasteiger partial charge in [-0.1, -0.05) is 0 Å². The van der Waals surface area contributed by atoms with E-state index >= 15 is 0 Å². The van der Waals surface area contributed by atoms with Crippen molar-refractivity contribution in [3.8, 4) is 28.4 Å². The van der Waals surface area contributed by atoms with E-state index in [0.717, 1.165) is 35.9 Å². The fourth-order valence-corrected chi connectivity index (χ4v) is 9.08. The van der Waals surface area contributed by atoms with Crippen molar-refractivity contribution in [2.75, 3.05) is 26.9 Å². The summed E-state index contributed by atoms with van der Waals surface area (Å²) in [7, 11) is 1.68. The van der Waals surface area contributed by atoms with E-state index < -0.39 is 13.3 Å². The summed E-state index contributed by atoms with van der Waals surface area (Å²) in [5, 5.41) is 5.82. The third kappa shape index (κ3) is 6.59. The molecule has 0 spiro atoms. The maximum atomic E-state index is 5.75. The number of ether oxygens (including phenoxy) is 3. The molecule has 0 bridgehead atoms. The summed E-state index contributed by atoms with van der Waals surface area (Å²) < 4.78 is 19.9. The van der Waals surface area contributed by atoms with Gasteiger partial charge in [0.2, 0.25) is 0 Å². The molecule has 0 saturated heterocycles. The molecule has 6 heteroatoms. The molecular formula is C30H36GeN2O3. The molecule has 0 aliphatic carbocycles. The summed E-state index contributed by atoms with van der Waals surface area (Å²) in [5.74, 6) is 6.75. The Morgan fingerprint density at radius 2 is 1.61 bits per heavy atom. The van der Waals surface area contributed by atoms with Crippen molar-refractivity contribution in [2.24, 2.45) is 0 Å². The van der Waals surface area contributed by atoms with Gasteiger partial charge in [-0.05, 0) is 0 Å². The maximum absolute atomic E-state index is 5.75. The average Bonchev–Trinajstić information content (AvgIpc) is 3.41. The van der Waals surface area contributed by atoms with Crippen LogP contribution in [0.4, 0.5) is 0 Å². The molecule has 0 aliphatic heterocycles. The number of nitrogens with zero attached hydrogens (tertiary/aromatic N) is 2. The van der Waals surface area contributed by atoms with Crippen molar-refractivity contribution in [2.45, 2.75) is 30.1 Å². The molecule has 5 nitrogen and oxygen atoms in total. The van der Waals surface area contributed by atoms with Gasteiger partial charge >= 0.3 is 218 Å². The van der Waals surface area contributed by atoms with E-state index in [-0.39, 0.29) is 0 Å². The molecule has 0 unspecified atom stereocenters. The summed E-state index contributed by atoms with van der Waals surface area (Å²) in [6, 6.07) is 27.7. The molecule has 36 heavy (non-hydrogen) atoms. The topological polar surface area (TPSA) is 45.5 Å². The van der Waals surface area contributed by atoms with Gasteiger partial charge in [0.1, 0.15) is 0 Å². The van der Waals surface area contributed by atoms with Crippen molar-refractivity contribution < 1.29 is 14.2 Å². The molecule has 0 N–H and O–H groups in total. The molecule has 0 fully saturated rings. The molecule has 0 atom stereocenters. The number of benzene rings is 3. The standard InChI is InChI=1S/C30H36GeN2O3/c1-5-35-21-22-36-29-13-9-24(10-14-29)17-19-31(2,3)26-8-6-7-25(23-26)30-18-20-32-33(30)27-11-15-28(34-4)16-12-27/h6-16,18,20,23H,5,17,19,21-22H2,1-4H3. The first-order chi connectivity index (χ1) is 17.5. The molecule has 3 aromatic carbocycles. The molecule has 0 aliphatic rings. The van der Waals surface area contributed by atoms with Crippen LogP contribution >= 0.6 is 0 Å². The molecular weight excluding hydrogens is 509 g/mol. The second-order valence-corrected chi connectivity index (χ2v) is 19.6. The van der Waals surface area contributed by atoms with Gasteiger partial charge in [0.15, 0.2) is 0 Å². The number of aromatic nitrogens is 2. The molecule has 1 heterocycles. The Hall–Kier alpha value is -3.03. The van der Waals surface area contributed by atoms with Crippen LogP contribution in [0.3, 0.4) is 0 Å². The Labute approximate surface area is 217 Å². The molecule has 0 saturated carbocycles. The fraction of sp³-hybridized carbons (Fsp3) is 0.300. The predicted molar refractivity (Wildman–Crippen MR) is 150 cm³/mol. The third-order valence-corrected chi connectivity index (χ3v) is 13.6. The molecule has 1 aromatic heterocycles. The zero-order valence-electron chi connectivity index (χ0n) is 21.7. The van der Waals surface area contributed by atoms with Crippen molar-refractivity contribution in [1.29, 1.82) is 0 Å². The Bertz CT molecular complexity index is 1230. The summed E-state index contributed by atoms with van der Waals surface area (Å²) in [5.41, 5.74) is 4.68. The number of hydrogen-bond acceptors (Lipinski definition) is 4. The van der Waals surface area contributed by atoms with Crippen LogP contribution in [0, 0.1) is 0 Å². The monoisotopic (exact) mass is 546 g/mol. The van der Waals surface area contributed by atoms with Crippen molar-refractivity contribution in [1.82, 2.24) is 9.78 Å². The van der Waals surface area contributed by atoms with Gasteiger partial charge in [0, 0.05) is 0 Å². The van der Waals surface area contributed by atoms with E-state index in [1.807, 2.05) is 42.1 Å². The quantitative estimate of drug-likeness (QED) is 0.159. The van der Waals surface area contributed by atoms with Crippen LogP contribution < -0.4 is 13.9 Å². The number of hydrogen-bond donors (Lipinski definition) is 0. The van der Waals surface area contributed by atoms with Crippen molar-refractivity contribution >= 4 is 17.7 Å². The van der Waals surface area contributed by atoms with Crippen LogP contribution in [0.15, 0.2) is 85.1 Å². The van der Waals surface area contributed by atoms with Gasteiger partial charge in [-0.2, -0.15) is 0 Å². The number of methoxy groups -OCH3 is 1. The Morgan fingerprint density at radius 3 is 2.33 bits per heavy atom. The fourth-order valence-electron chi connectivity index (χ4n) is 4.27. The molecule has 0 radical (unpaired) electrons. The first-order valence-electron chi connectivity index (χ1n) is 12.6. The normalized spacial score (nSPS) is 11.4. The van der Waals surface area contributed by atoms with Crippen LogP contribution in [0.5, 0.6) is 11.5 Å². The van der Waals surface area contributed by atoms with Gasteiger partial charge in [0.25, 0.3) is 0 Å². The summed E-state index contributed by atoms with van der Waals surface area (Å²) in [6.07, 6.45) is 2.95. The minimum absolute atomic E-state index is 0.587. The Kier molecular flexibility index (Phi) is 8.89. The van der Waals surface area contributed by atoms with E-state index in [1.165, 1.54) is 20.8 Å². The van der Waals surface area contributed by atoms with E-state index in [1.54, 1.807) is 7.11 Å². The summed E-state index contributed by atoms with van der Waals surface area (Å²) >= 11 is -2.24. The molecule has 188 valence electrons. The van der Waals surface area contributed by atoms with Gasteiger partial charge in [-0.25, -0.2) is 0 Å². The SMILES string of the molecule is CCOCCOc1ccc(C[CH2][Ge]([CH3])([CH3])[c]2cccc(-c3ccnn3-c3ccc(OC)cc3)c2)cc1. The van der Waals surface area contributed by atoms with Crippen molar-refractivity contribution in [3.05, 3.63) is 90.6 Å². The molecule has 0 amide bonds. The second kappa shape index (κ2) is 12.3. The predicted octanol–water partition coefficient (Wildman–Crippen LogP) is 6.12. The zero-order valence-corrected chi connectivity index (χ0v) is 23.8. The summed E-state index contributed by atoms with van der Waals surface area (Å²) in [6.45, 7) is 3.93. The molecule has 4 aromatic rings. The van der Waals surface area contributed by atoms with Crippen LogP contribution in [0.2, 0.25) is 16.8 Å². The van der Waals surface area contributed by atoms with E-state index in [9.17, 15) is 0 Å². The van der Waals surface area contributed by atoms with Gasteiger partial charge in [0.05, 0.1) is 0 Å². The van der Waals surface area contributed by atoms with Crippen LogP contribution in [0.1, 0.15) is 12.5 Å². The van der Waals surface area contributed by atoms with Crippen molar-refractivity contribution in [3.63, 3.8) is 0 Å². The van der Waals surface area contributed by atoms with Crippen LogP contribution in [-0.4, -0.2) is 50.0 Å². The Balaban J connectivity index is 1.44. The van der Waals surface area contributed by atoms with Gasteiger partial charge in [-0.3, -0.25) is 0 Å². The summed E-state index contributed by atoms with van der Waals surface area (Å²) in [4.78, 5) is 0. The second-order valence-electron chi connectivity index (χ2n) is 9.48. The number of rotatable bonds is 12. The Morgan fingerprint density at radius 1 is 0.861 bits per heavy atom.